The minimum atomic E-state index is -3.09. The Morgan fingerprint density at radius 2 is 2.09 bits per heavy atom. The average Bonchev–Trinajstić information content (AvgIpc) is 2.75. The van der Waals surface area contributed by atoms with Crippen LogP contribution in [-0.2, 0) is 15.0 Å². The van der Waals surface area contributed by atoms with Crippen LogP contribution in [0.15, 0.2) is 35.6 Å². The maximum atomic E-state index is 14.5. The third-order valence-corrected chi connectivity index (χ3v) is 4.37. The van der Waals surface area contributed by atoms with Gasteiger partial charge >= 0.3 is 0 Å². The topological polar surface area (TPSA) is 121 Å². The molecule has 0 fully saturated rings. The van der Waals surface area contributed by atoms with Crippen molar-refractivity contribution in [3.05, 3.63) is 47.7 Å². The number of alkyl halides is 2. The summed E-state index contributed by atoms with van der Waals surface area (Å²) in [6, 6.07) is 3.25. The second-order valence-corrected chi connectivity index (χ2v) is 6.55. The zero-order chi connectivity index (χ0) is 22.4. The van der Waals surface area contributed by atoms with Crippen molar-refractivity contribution >= 4 is 29.8 Å². The lowest BCUT2D eigenvalue weighted by Crippen LogP contribution is -2.45. The summed E-state index contributed by atoms with van der Waals surface area (Å²) in [5.74, 6) is -1.59. The third kappa shape index (κ3) is 5.64. The molecule has 13 heteroatoms. The Hall–Kier alpha value is -2.96. The molecule has 0 unspecified atom stereocenters. The minimum Gasteiger partial charge on any atom is -0.474 e. The molecular formula is C19H21ClF3N5O4. The fraction of sp³-hybridized carbons (Fsp3) is 0.368. The number of nitrogens with zero attached hydrogens (tertiary/aromatic N) is 3. The number of carbonyl (C=O) groups is 1. The first kappa shape index (κ1) is 25.3. The lowest BCUT2D eigenvalue weighted by atomic mass is 9.90. The molecule has 0 spiro atoms. The number of methoxy groups -OCH3 is 1. The van der Waals surface area contributed by atoms with E-state index < -0.39 is 35.9 Å². The smallest absolute Gasteiger partial charge is 0.275 e. The number of nitrogens with one attached hydrogen (secondary N) is 1. The SMILES string of the molecule is COCCOc1cnc(C(=O)Nc2ccc(F)c([C@]3(C(F)F)COCC(N)=N3)c2)cn1.Cl. The molecule has 0 aliphatic carbocycles. The van der Waals surface area contributed by atoms with Gasteiger partial charge in [-0.05, 0) is 18.2 Å². The van der Waals surface area contributed by atoms with E-state index in [9.17, 15) is 18.0 Å². The molecule has 32 heavy (non-hydrogen) atoms. The van der Waals surface area contributed by atoms with Crippen LogP contribution in [0.3, 0.4) is 0 Å². The Kier molecular flexibility index (Phi) is 8.75. The van der Waals surface area contributed by atoms with E-state index in [2.05, 4.69) is 20.3 Å². The molecule has 1 atom stereocenters. The lowest BCUT2D eigenvalue weighted by molar-refractivity contribution is -0.0145. The molecule has 0 bridgehead atoms. The Balaban J connectivity index is 0.00000363. The van der Waals surface area contributed by atoms with Crippen LogP contribution >= 0.6 is 12.4 Å². The van der Waals surface area contributed by atoms with Gasteiger partial charge < -0.3 is 25.3 Å². The van der Waals surface area contributed by atoms with Crippen molar-refractivity contribution in [2.75, 3.05) is 38.9 Å². The molecule has 2 heterocycles. The van der Waals surface area contributed by atoms with Gasteiger partial charge in [0.2, 0.25) is 5.88 Å². The zero-order valence-electron chi connectivity index (χ0n) is 16.9. The highest BCUT2D eigenvalue weighted by Gasteiger charge is 2.46. The van der Waals surface area contributed by atoms with Crippen LogP contribution in [0.5, 0.6) is 5.88 Å². The van der Waals surface area contributed by atoms with Crippen molar-refractivity contribution in [3.8, 4) is 5.88 Å². The number of halogens is 4. The highest BCUT2D eigenvalue weighted by Crippen LogP contribution is 2.38. The summed E-state index contributed by atoms with van der Waals surface area (Å²) in [6.07, 6.45) is -0.658. The molecule has 0 radical (unpaired) electrons. The number of amides is 1. The van der Waals surface area contributed by atoms with E-state index in [0.29, 0.717) is 6.61 Å². The summed E-state index contributed by atoms with van der Waals surface area (Å²) in [7, 11) is 1.52. The Morgan fingerprint density at radius 3 is 2.72 bits per heavy atom. The Labute approximate surface area is 187 Å². The number of nitrogens with two attached hydrogens (primary N) is 1. The number of amidine groups is 1. The molecule has 1 aliphatic rings. The molecule has 2 aromatic rings. The van der Waals surface area contributed by atoms with Crippen molar-refractivity contribution in [3.63, 3.8) is 0 Å². The zero-order valence-corrected chi connectivity index (χ0v) is 17.7. The van der Waals surface area contributed by atoms with E-state index in [0.717, 1.165) is 12.1 Å². The molecule has 0 saturated carbocycles. The maximum absolute atomic E-state index is 14.5. The molecule has 0 saturated heterocycles. The van der Waals surface area contributed by atoms with Gasteiger partial charge in [-0.25, -0.2) is 23.1 Å². The molecular weight excluding hydrogens is 455 g/mol. The molecule has 1 aromatic carbocycles. The first-order valence-corrected chi connectivity index (χ1v) is 9.11. The average molecular weight is 476 g/mol. The van der Waals surface area contributed by atoms with Crippen LogP contribution in [0.25, 0.3) is 0 Å². The molecule has 3 rings (SSSR count). The van der Waals surface area contributed by atoms with Crippen LogP contribution in [0, 0.1) is 5.82 Å². The number of anilines is 1. The van der Waals surface area contributed by atoms with Crippen LogP contribution in [0.4, 0.5) is 18.9 Å². The number of aliphatic imine (C=N–C) groups is 1. The van der Waals surface area contributed by atoms with Gasteiger partial charge in [-0.15, -0.1) is 12.4 Å². The molecule has 1 amide bonds. The van der Waals surface area contributed by atoms with Crippen LogP contribution in [-0.4, -0.2) is 61.7 Å². The summed E-state index contributed by atoms with van der Waals surface area (Å²) >= 11 is 0. The first-order valence-electron chi connectivity index (χ1n) is 9.11. The second kappa shape index (κ2) is 11.1. The van der Waals surface area contributed by atoms with E-state index in [1.165, 1.54) is 25.6 Å². The van der Waals surface area contributed by atoms with E-state index in [4.69, 9.17) is 19.9 Å². The summed E-state index contributed by atoms with van der Waals surface area (Å²) in [6.45, 7) is -0.0681. The predicted octanol–water partition coefficient (Wildman–Crippen LogP) is 2.16. The van der Waals surface area contributed by atoms with Gasteiger partial charge in [0.25, 0.3) is 12.3 Å². The van der Waals surface area contributed by atoms with Gasteiger partial charge in [0, 0.05) is 18.4 Å². The van der Waals surface area contributed by atoms with Gasteiger partial charge in [0.05, 0.1) is 25.6 Å². The first-order chi connectivity index (χ1) is 14.9. The third-order valence-electron chi connectivity index (χ3n) is 4.37. The molecule has 1 aromatic heterocycles. The summed E-state index contributed by atoms with van der Waals surface area (Å²) in [4.78, 5) is 24.1. The molecule has 174 valence electrons. The predicted molar refractivity (Wildman–Crippen MR) is 111 cm³/mol. The normalized spacial score (nSPS) is 18.0. The van der Waals surface area contributed by atoms with Gasteiger partial charge in [0.15, 0.2) is 5.54 Å². The number of benzene rings is 1. The summed E-state index contributed by atoms with van der Waals surface area (Å²) < 4.78 is 57.4. The fourth-order valence-electron chi connectivity index (χ4n) is 2.87. The van der Waals surface area contributed by atoms with Crippen molar-refractivity contribution in [1.29, 1.82) is 0 Å². The number of aromatic nitrogens is 2. The van der Waals surface area contributed by atoms with Gasteiger partial charge in [0.1, 0.15) is 30.6 Å². The Bertz CT molecular complexity index is 964. The van der Waals surface area contributed by atoms with Crippen molar-refractivity contribution < 1.29 is 32.2 Å². The Morgan fingerprint density at radius 1 is 1.31 bits per heavy atom. The minimum absolute atomic E-state index is 0. The number of ether oxygens (including phenoxy) is 3. The lowest BCUT2D eigenvalue weighted by Gasteiger charge is -2.33. The number of rotatable bonds is 8. The highest BCUT2D eigenvalue weighted by atomic mass is 35.5. The largest absolute Gasteiger partial charge is 0.474 e. The van der Waals surface area contributed by atoms with Crippen molar-refractivity contribution in [2.24, 2.45) is 10.7 Å². The summed E-state index contributed by atoms with van der Waals surface area (Å²) in [5.41, 5.74) is 2.79. The number of hydrogen-bond acceptors (Lipinski definition) is 8. The van der Waals surface area contributed by atoms with Gasteiger partial charge in [-0.3, -0.25) is 9.79 Å². The quantitative estimate of drug-likeness (QED) is 0.561. The van der Waals surface area contributed by atoms with Crippen molar-refractivity contribution in [2.45, 2.75) is 12.0 Å². The molecule has 1 aliphatic heterocycles. The van der Waals surface area contributed by atoms with Gasteiger partial charge in [-0.2, -0.15) is 0 Å². The molecule has 9 nitrogen and oxygen atoms in total. The standard InChI is InChI=1S/C19H20F3N5O4.ClH/c1-29-4-5-31-16-8-24-14(7-25-16)17(28)26-11-2-3-13(20)12(6-11)19(18(21)22)10-30-9-15(23)27-19;/h2-3,6-8,18H,4-5,9-10H2,1H3,(H2,23,27)(H,26,28);1H/t19-;/m0./s1. The van der Waals surface area contributed by atoms with E-state index in [1.807, 2.05) is 0 Å². The summed E-state index contributed by atoms with van der Waals surface area (Å²) in [5, 5.41) is 2.47. The van der Waals surface area contributed by atoms with E-state index in [1.54, 1.807) is 0 Å². The van der Waals surface area contributed by atoms with E-state index in [-0.39, 0.29) is 48.7 Å². The van der Waals surface area contributed by atoms with Crippen LogP contribution in [0.2, 0.25) is 0 Å². The number of carbonyl (C=O) groups excluding carboxylic acids is 1. The van der Waals surface area contributed by atoms with Crippen LogP contribution in [0.1, 0.15) is 16.1 Å². The van der Waals surface area contributed by atoms with Crippen LogP contribution < -0.4 is 15.8 Å². The fourth-order valence-corrected chi connectivity index (χ4v) is 2.87. The second-order valence-electron chi connectivity index (χ2n) is 6.55. The van der Waals surface area contributed by atoms with E-state index >= 15 is 0 Å². The highest BCUT2D eigenvalue weighted by molar-refractivity contribution is 6.02. The number of hydrogen-bond donors (Lipinski definition) is 2. The van der Waals surface area contributed by atoms with Crippen molar-refractivity contribution in [1.82, 2.24) is 9.97 Å². The van der Waals surface area contributed by atoms with Gasteiger partial charge in [-0.1, -0.05) is 0 Å². The monoisotopic (exact) mass is 475 g/mol. The maximum Gasteiger partial charge on any atom is 0.275 e. The molecule has 3 N–H and O–H groups in total.